The summed E-state index contributed by atoms with van der Waals surface area (Å²) in [5.74, 6) is 3.16. The maximum Gasteiger partial charge on any atom is 0.320 e. The molecule has 3 saturated heterocycles. The van der Waals surface area contributed by atoms with Gasteiger partial charge in [-0.2, -0.15) is 0 Å². The molecule has 4 aliphatic carbocycles. The van der Waals surface area contributed by atoms with E-state index in [4.69, 9.17) is 4.74 Å². The fourth-order valence-electron chi connectivity index (χ4n) is 10.7. The van der Waals surface area contributed by atoms with Gasteiger partial charge < -0.3 is 19.4 Å². The van der Waals surface area contributed by atoms with Crippen LogP contribution in [0.5, 0.6) is 5.75 Å². The predicted molar refractivity (Wildman–Crippen MR) is 144 cm³/mol. The highest BCUT2D eigenvalue weighted by Gasteiger charge is 2.76. The number of piperazine rings is 1. The molecule has 6 atom stereocenters. The Bertz CT molecular complexity index is 1180. The maximum absolute atomic E-state index is 14.0. The zero-order valence-corrected chi connectivity index (χ0v) is 23.0. The third-order valence-corrected chi connectivity index (χ3v) is 12.2. The molecule has 7 heteroatoms. The minimum atomic E-state index is 0.115. The summed E-state index contributed by atoms with van der Waals surface area (Å²) in [6.45, 7) is 7.68. The lowest BCUT2D eigenvalue weighted by molar-refractivity contribution is -0.130. The summed E-state index contributed by atoms with van der Waals surface area (Å²) >= 11 is 0. The van der Waals surface area contributed by atoms with Crippen molar-refractivity contribution < 1.29 is 14.3 Å². The quantitative estimate of drug-likeness (QED) is 0.616. The van der Waals surface area contributed by atoms with E-state index >= 15 is 0 Å². The van der Waals surface area contributed by atoms with Gasteiger partial charge in [-0.1, -0.05) is 6.07 Å². The molecule has 3 aliphatic heterocycles. The van der Waals surface area contributed by atoms with Gasteiger partial charge in [-0.15, -0.1) is 0 Å². The number of carbonyl (C=O) groups is 2. The lowest BCUT2D eigenvalue weighted by Gasteiger charge is -2.66. The van der Waals surface area contributed by atoms with E-state index in [0.29, 0.717) is 55.5 Å². The van der Waals surface area contributed by atoms with Crippen LogP contribution in [0.15, 0.2) is 18.2 Å². The third kappa shape index (κ3) is 3.00. The number of likely N-dealkylation sites (tertiary alicyclic amines) is 2. The molecule has 7 nitrogen and oxygen atoms in total. The number of methoxy groups -OCH3 is 1. The molecular weight excluding hydrogens is 476 g/mol. The third-order valence-electron chi connectivity index (χ3n) is 12.2. The average molecular weight is 519 g/mol. The summed E-state index contributed by atoms with van der Waals surface area (Å²) in [6, 6.07) is 8.14. The summed E-state index contributed by atoms with van der Waals surface area (Å²) in [5.41, 5.74) is 3.61. The molecule has 7 aliphatic rings. The van der Waals surface area contributed by atoms with Crippen LogP contribution in [0.2, 0.25) is 0 Å². The van der Waals surface area contributed by atoms with Crippen LogP contribution in [0, 0.1) is 23.2 Å². The number of amides is 3. The largest absolute Gasteiger partial charge is 0.497 e. The highest BCUT2D eigenvalue weighted by molar-refractivity contribution is 5.77. The number of fused-ring (bicyclic) bond motifs is 1. The van der Waals surface area contributed by atoms with Crippen LogP contribution in [0.25, 0.3) is 0 Å². The van der Waals surface area contributed by atoms with Crippen molar-refractivity contribution in [2.75, 3.05) is 52.9 Å². The summed E-state index contributed by atoms with van der Waals surface area (Å²) in [5, 5.41) is 0. The molecule has 4 bridgehead atoms. The van der Waals surface area contributed by atoms with Crippen molar-refractivity contribution in [1.29, 1.82) is 0 Å². The number of nitrogens with zero attached hydrogens (tertiary/aromatic N) is 4. The van der Waals surface area contributed by atoms with Gasteiger partial charge in [0.05, 0.1) is 7.11 Å². The van der Waals surface area contributed by atoms with Crippen LogP contribution in [-0.4, -0.2) is 96.5 Å². The van der Waals surface area contributed by atoms with Gasteiger partial charge in [-0.05, 0) is 97.9 Å². The Morgan fingerprint density at radius 2 is 1.82 bits per heavy atom. The van der Waals surface area contributed by atoms with Crippen molar-refractivity contribution in [1.82, 2.24) is 19.6 Å². The second-order valence-corrected chi connectivity index (χ2v) is 13.6. The van der Waals surface area contributed by atoms with Crippen molar-refractivity contribution in [3.63, 3.8) is 0 Å². The first-order valence-electron chi connectivity index (χ1n) is 15.2. The minimum absolute atomic E-state index is 0.115. The van der Waals surface area contributed by atoms with E-state index in [-0.39, 0.29) is 17.4 Å². The summed E-state index contributed by atoms with van der Waals surface area (Å²) in [6.07, 6.45) is 8.91. The van der Waals surface area contributed by atoms with Crippen LogP contribution in [0.3, 0.4) is 0 Å². The van der Waals surface area contributed by atoms with Gasteiger partial charge in [0, 0.05) is 63.7 Å². The molecule has 0 radical (unpaired) electrons. The number of carbonyl (C=O) groups excluding carboxylic acids is 2. The average Bonchev–Trinajstić information content (AvgIpc) is 3.63. The number of benzene rings is 1. The first-order chi connectivity index (χ1) is 18.4. The van der Waals surface area contributed by atoms with E-state index in [0.717, 1.165) is 24.6 Å². The van der Waals surface area contributed by atoms with Crippen molar-refractivity contribution >= 4 is 11.9 Å². The Labute approximate surface area is 226 Å². The number of hydrogen-bond acceptors (Lipinski definition) is 4. The van der Waals surface area contributed by atoms with Gasteiger partial charge in [0.1, 0.15) is 5.75 Å². The van der Waals surface area contributed by atoms with Crippen molar-refractivity contribution in [2.24, 2.45) is 23.2 Å². The summed E-state index contributed by atoms with van der Waals surface area (Å²) < 4.78 is 5.79. The molecule has 1 aromatic carbocycles. The fourth-order valence-corrected chi connectivity index (χ4v) is 10.7. The molecule has 0 aromatic heterocycles. The monoisotopic (exact) mass is 518 g/mol. The van der Waals surface area contributed by atoms with Crippen molar-refractivity contribution in [3.8, 4) is 5.75 Å². The molecule has 5 unspecified atom stereocenters. The van der Waals surface area contributed by atoms with E-state index in [1.54, 1.807) is 25.2 Å². The van der Waals surface area contributed by atoms with Gasteiger partial charge in [0.15, 0.2) is 0 Å². The van der Waals surface area contributed by atoms with Gasteiger partial charge in [-0.25, -0.2) is 4.79 Å². The van der Waals surface area contributed by atoms with Crippen LogP contribution in [-0.2, 0) is 16.6 Å². The lowest BCUT2D eigenvalue weighted by atomic mass is 9.43. The lowest BCUT2D eigenvalue weighted by Crippen LogP contribution is -2.70. The normalized spacial score (nSPS) is 39.2. The topological polar surface area (TPSA) is 56.3 Å². The van der Waals surface area contributed by atoms with Crippen LogP contribution in [0.4, 0.5) is 4.79 Å². The molecular formula is C31H42N4O3. The summed E-state index contributed by atoms with van der Waals surface area (Å²) in [4.78, 5) is 34.9. The highest BCUT2D eigenvalue weighted by atomic mass is 16.5. The molecule has 6 fully saturated rings. The predicted octanol–water partition coefficient (Wildman–Crippen LogP) is 3.36. The number of urea groups is 1. The number of piperidine rings is 1. The Hall–Kier alpha value is -2.28. The van der Waals surface area contributed by atoms with Crippen LogP contribution < -0.4 is 4.74 Å². The smallest absolute Gasteiger partial charge is 0.320 e. The standard InChI is InChI=1S/C31H42N4O3/c1-20(36)32-11-13-33(14-12-32)29(37)35-19-23-17-30-8-7-26(35)28(23)31(30)9-10-34(18-21-3-4-21)27(30)15-22-5-6-24(38-2)16-25(22)31/h5-6,16,21,23,26-28H,3-4,7-15,17-19H2,1-2H3/t23-,26?,27?,28?,30?,31?/m1/s1. The fraction of sp³-hybridized carbons (Fsp3) is 0.742. The molecule has 204 valence electrons. The summed E-state index contributed by atoms with van der Waals surface area (Å²) in [7, 11) is 1.80. The Morgan fingerprint density at radius 1 is 1.03 bits per heavy atom. The molecule has 3 saturated carbocycles. The Balaban J connectivity index is 1.15. The van der Waals surface area contributed by atoms with E-state index in [9.17, 15) is 9.59 Å². The number of ether oxygens (including phenoxy) is 1. The molecule has 3 heterocycles. The zero-order chi connectivity index (χ0) is 25.8. The van der Waals surface area contributed by atoms with Gasteiger partial charge in [0.2, 0.25) is 5.91 Å². The molecule has 0 N–H and O–H groups in total. The van der Waals surface area contributed by atoms with E-state index in [1.165, 1.54) is 51.6 Å². The Kier molecular flexibility index (Phi) is 5.04. The molecule has 3 amide bonds. The SMILES string of the molecule is COc1ccc2c(c1)C13CCN(CC4CC4)C(C2)C12CCC1C3[C@@H](CN1C(=O)N1CCN(C(C)=O)CC1)C2. The zero-order valence-electron chi connectivity index (χ0n) is 23.0. The van der Waals surface area contributed by atoms with Crippen molar-refractivity contribution in [2.45, 2.75) is 69.4 Å². The highest BCUT2D eigenvalue weighted by Crippen LogP contribution is 2.75. The number of hydrogen-bond donors (Lipinski definition) is 0. The van der Waals surface area contributed by atoms with Gasteiger partial charge in [-0.3, -0.25) is 9.69 Å². The van der Waals surface area contributed by atoms with E-state index in [1.807, 2.05) is 9.80 Å². The Morgan fingerprint density at radius 3 is 2.55 bits per heavy atom. The second kappa shape index (κ2) is 8.12. The molecule has 8 rings (SSSR count). The number of rotatable bonds is 3. The van der Waals surface area contributed by atoms with E-state index < -0.39 is 0 Å². The molecule has 1 aromatic rings. The van der Waals surface area contributed by atoms with Crippen LogP contribution in [0.1, 0.15) is 56.6 Å². The first kappa shape index (κ1) is 23.6. The van der Waals surface area contributed by atoms with Gasteiger partial charge in [0.25, 0.3) is 0 Å². The van der Waals surface area contributed by atoms with Gasteiger partial charge >= 0.3 is 6.03 Å². The second-order valence-electron chi connectivity index (χ2n) is 13.6. The minimum Gasteiger partial charge on any atom is -0.497 e. The van der Waals surface area contributed by atoms with Crippen LogP contribution >= 0.6 is 0 Å². The maximum atomic E-state index is 14.0. The first-order valence-corrected chi connectivity index (χ1v) is 15.2. The van der Waals surface area contributed by atoms with Crippen molar-refractivity contribution in [3.05, 3.63) is 29.3 Å². The molecule has 38 heavy (non-hydrogen) atoms. The molecule has 0 spiro atoms. The van der Waals surface area contributed by atoms with E-state index in [2.05, 4.69) is 28.0 Å².